The van der Waals surface area contributed by atoms with Crippen molar-refractivity contribution >= 4 is 70.4 Å². The van der Waals surface area contributed by atoms with Gasteiger partial charge in [0.25, 0.3) is 11.8 Å². The Kier molecular flexibility index (Phi) is 14.6. The maximum atomic E-state index is 12.7. The molecule has 0 bridgehead atoms. The number of rotatable bonds is 12. The van der Waals surface area contributed by atoms with E-state index in [4.69, 9.17) is 53.6 Å². The number of carbonyl (C=O) groups is 3. The fourth-order valence-corrected chi connectivity index (χ4v) is 7.37. The maximum Gasteiger partial charge on any atom is 0.488 e. The number of nitrogen functional groups attached to an aromatic ring is 1. The largest absolute Gasteiger partial charge is 0.494 e. The molecule has 1 saturated heterocycles. The molecule has 61 heavy (non-hydrogen) atoms. The molecule has 7 rings (SSSR count). The summed E-state index contributed by atoms with van der Waals surface area (Å²) in [5, 5.41) is 30.0. The SMILES string of the molecule is C=CC(=O)N1CCC[C@@H](n2nc(-c3ccc(CNC(=O)c4cccc(Cl)c4OC)cc3)c3c(N)ncnc32)C1.COc1c(Cl)cccc1C(=O)NCc1ccc(B(O)O)cc1. The molecule has 0 saturated carbocycles. The first-order valence-electron chi connectivity index (χ1n) is 19.1. The van der Waals surface area contributed by atoms with E-state index in [2.05, 4.69) is 27.2 Å². The van der Waals surface area contributed by atoms with Gasteiger partial charge >= 0.3 is 7.12 Å². The van der Waals surface area contributed by atoms with E-state index < -0.39 is 7.12 Å². The lowest BCUT2D eigenvalue weighted by molar-refractivity contribution is -0.127. The number of carbonyl (C=O) groups excluding carboxylic acids is 3. The second-order valence-electron chi connectivity index (χ2n) is 13.9. The summed E-state index contributed by atoms with van der Waals surface area (Å²) in [6.45, 7) is 5.42. The normalized spacial score (nSPS) is 13.4. The summed E-state index contributed by atoms with van der Waals surface area (Å²) in [4.78, 5) is 47.6. The van der Waals surface area contributed by atoms with Crippen molar-refractivity contribution in [1.82, 2.24) is 35.3 Å². The molecule has 18 heteroatoms. The monoisotopic (exact) mass is 864 g/mol. The number of piperidine rings is 1. The van der Waals surface area contributed by atoms with E-state index in [0.717, 1.165) is 29.5 Å². The Morgan fingerprint density at radius 2 is 1.43 bits per heavy atom. The van der Waals surface area contributed by atoms with Gasteiger partial charge in [0.2, 0.25) is 5.91 Å². The molecular formula is C43H43BCl2N8O7. The summed E-state index contributed by atoms with van der Waals surface area (Å²) in [6.07, 6.45) is 4.47. The van der Waals surface area contributed by atoms with E-state index in [9.17, 15) is 14.4 Å². The number of likely N-dealkylation sites (tertiary alicyclic amines) is 1. The Hall–Kier alpha value is -6.46. The van der Waals surface area contributed by atoms with Crippen LogP contribution in [0.15, 0.2) is 104 Å². The molecule has 3 amide bonds. The van der Waals surface area contributed by atoms with Crippen molar-refractivity contribution in [3.8, 4) is 22.8 Å². The molecule has 6 N–H and O–H groups in total. The van der Waals surface area contributed by atoms with E-state index in [-0.39, 0.29) is 23.8 Å². The van der Waals surface area contributed by atoms with Crippen LogP contribution in [-0.4, -0.2) is 86.8 Å². The van der Waals surface area contributed by atoms with Crippen LogP contribution in [0, 0.1) is 0 Å². The number of halogens is 2. The van der Waals surface area contributed by atoms with Gasteiger partial charge in [-0.25, -0.2) is 14.6 Å². The zero-order valence-corrected chi connectivity index (χ0v) is 34.9. The highest BCUT2D eigenvalue weighted by Gasteiger charge is 2.28. The third-order valence-electron chi connectivity index (χ3n) is 9.99. The predicted octanol–water partition coefficient (Wildman–Crippen LogP) is 4.98. The average molecular weight is 866 g/mol. The van der Waals surface area contributed by atoms with Gasteiger partial charge in [0.05, 0.1) is 46.8 Å². The number of nitrogens with zero attached hydrogens (tertiary/aromatic N) is 5. The molecule has 2 aromatic heterocycles. The lowest BCUT2D eigenvalue weighted by Gasteiger charge is -2.32. The average Bonchev–Trinajstić information content (AvgIpc) is 3.68. The lowest BCUT2D eigenvalue weighted by atomic mass is 9.80. The Balaban J connectivity index is 0.000000240. The van der Waals surface area contributed by atoms with Gasteiger partial charge in [-0.3, -0.25) is 14.4 Å². The Morgan fingerprint density at radius 3 is 1.95 bits per heavy atom. The molecule has 1 fully saturated rings. The van der Waals surface area contributed by atoms with Gasteiger partial charge in [-0.15, -0.1) is 0 Å². The first kappa shape index (κ1) is 44.1. The summed E-state index contributed by atoms with van der Waals surface area (Å²) in [5.74, 6) is 0.324. The van der Waals surface area contributed by atoms with Crippen molar-refractivity contribution in [2.45, 2.75) is 32.0 Å². The van der Waals surface area contributed by atoms with Crippen molar-refractivity contribution in [3.63, 3.8) is 0 Å². The minimum absolute atomic E-state index is 0.0498. The predicted molar refractivity (Wildman–Crippen MR) is 235 cm³/mol. The van der Waals surface area contributed by atoms with E-state index in [0.29, 0.717) is 86.9 Å². The topological polar surface area (TPSA) is 207 Å². The van der Waals surface area contributed by atoms with Crippen LogP contribution in [0.3, 0.4) is 0 Å². The van der Waals surface area contributed by atoms with E-state index in [1.54, 1.807) is 65.6 Å². The first-order valence-corrected chi connectivity index (χ1v) is 19.8. The summed E-state index contributed by atoms with van der Waals surface area (Å²) in [5.41, 5.74) is 11.3. The number of methoxy groups -OCH3 is 2. The maximum absolute atomic E-state index is 12.7. The zero-order valence-electron chi connectivity index (χ0n) is 33.3. The van der Waals surface area contributed by atoms with E-state index >= 15 is 0 Å². The number of anilines is 1. The molecule has 0 radical (unpaired) electrons. The fourth-order valence-electron chi connectivity index (χ4n) is 6.87. The number of fused-ring (bicyclic) bond motifs is 1. The third-order valence-corrected chi connectivity index (χ3v) is 10.6. The molecule has 6 aromatic rings. The number of amides is 3. The zero-order chi connectivity index (χ0) is 43.6. The Morgan fingerprint density at radius 1 is 0.869 bits per heavy atom. The van der Waals surface area contributed by atoms with Gasteiger partial charge in [-0.2, -0.15) is 5.10 Å². The minimum Gasteiger partial charge on any atom is -0.494 e. The van der Waals surface area contributed by atoms with Crippen LogP contribution in [0.1, 0.15) is 50.7 Å². The van der Waals surface area contributed by atoms with E-state index in [1.807, 2.05) is 28.9 Å². The van der Waals surface area contributed by atoms with Crippen molar-refractivity contribution in [1.29, 1.82) is 0 Å². The smallest absolute Gasteiger partial charge is 0.488 e. The second-order valence-corrected chi connectivity index (χ2v) is 14.7. The van der Waals surface area contributed by atoms with Crippen LogP contribution < -0.4 is 31.3 Å². The van der Waals surface area contributed by atoms with Crippen molar-refractivity contribution in [2.75, 3.05) is 33.0 Å². The Bertz CT molecular complexity index is 2540. The summed E-state index contributed by atoms with van der Waals surface area (Å²) >= 11 is 12.1. The molecule has 0 aliphatic carbocycles. The van der Waals surface area contributed by atoms with Crippen LogP contribution >= 0.6 is 23.2 Å². The quantitative estimate of drug-likeness (QED) is 0.0820. The van der Waals surface area contributed by atoms with Gasteiger partial charge < -0.3 is 40.8 Å². The van der Waals surface area contributed by atoms with Gasteiger partial charge in [0, 0.05) is 31.7 Å². The van der Waals surface area contributed by atoms with E-state index in [1.165, 1.54) is 26.6 Å². The Labute approximate surface area is 362 Å². The van der Waals surface area contributed by atoms with Crippen LogP contribution in [0.25, 0.3) is 22.3 Å². The molecule has 3 heterocycles. The summed E-state index contributed by atoms with van der Waals surface area (Å²) < 4.78 is 12.3. The molecule has 1 aliphatic rings. The molecule has 15 nitrogen and oxygen atoms in total. The highest BCUT2D eigenvalue weighted by atomic mass is 35.5. The van der Waals surface area contributed by atoms with Crippen LogP contribution in [0.5, 0.6) is 11.5 Å². The molecule has 1 atom stereocenters. The molecule has 0 spiro atoms. The summed E-state index contributed by atoms with van der Waals surface area (Å²) in [7, 11) is 1.43. The fraction of sp³-hybridized carbons (Fsp3) is 0.209. The molecular weight excluding hydrogens is 822 g/mol. The van der Waals surface area contributed by atoms with Crippen molar-refractivity contribution in [2.24, 2.45) is 0 Å². The van der Waals surface area contributed by atoms with Crippen molar-refractivity contribution < 1.29 is 33.9 Å². The number of hydrogen-bond acceptors (Lipinski definition) is 11. The van der Waals surface area contributed by atoms with Crippen LogP contribution in [0.4, 0.5) is 5.82 Å². The number of nitrogens with one attached hydrogen (secondary N) is 2. The summed E-state index contributed by atoms with van der Waals surface area (Å²) in [6, 6.07) is 24.2. The number of benzene rings is 4. The second kappa shape index (κ2) is 20.2. The molecule has 0 unspecified atom stereocenters. The van der Waals surface area contributed by atoms with Gasteiger partial charge in [0.1, 0.15) is 29.3 Å². The highest BCUT2D eigenvalue weighted by molar-refractivity contribution is 6.58. The number of hydrogen-bond donors (Lipinski definition) is 5. The van der Waals surface area contributed by atoms with Gasteiger partial charge in [-0.1, -0.05) is 90.4 Å². The highest BCUT2D eigenvalue weighted by Crippen LogP contribution is 2.34. The van der Waals surface area contributed by atoms with Crippen molar-refractivity contribution in [3.05, 3.63) is 136 Å². The number of ether oxygens (including phenoxy) is 2. The van der Waals surface area contributed by atoms with Crippen LogP contribution in [0.2, 0.25) is 10.0 Å². The van der Waals surface area contributed by atoms with Gasteiger partial charge in [-0.05, 0) is 59.8 Å². The number of aromatic nitrogens is 4. The molecule has 1 aliphatic heterocycles. The minimum atomic E-state index is -1.50. The lowest BCUT2D eigenvalue weighted by Crippen LogP contribution is -2.40. The molecule has 4 aromatic carbocycles. The standard InChI is InChI=1S/C28H28ClN7O3.C15H15BClNO4/c1-3-22(37)35-13-5-6-19(15-35)36-27-23(26(30)32-16-33-27)24(34-36)18-11-9-17(10-12-18)14-31-28(38)20-7-4-8-21(29)25(20)39-2;1-22-14-12(3-2-4-13(14)17)15(19)18-9-10-5-7-11(8-6-10)16(20)21/h3-4,7-12,16,19H,1,5-6,13-15H2,2H3,(H,31,38)(H2,30,32,33);2-8,20-21H,9H2,1H3,(H,18,19)/t19-;/m1./s1. The van der Waals surface area contributed by atoms with Crippen LogP contribution in [-0.2, 0) is 17.9 Å². The third kappa shape index (κ3) is 10.3. The number of para-hydroxylation sites is 2. The van der Waals surface area contributed by atoms with Gasteiger partial charge in [0.15, 0.2) is 5.65 Å². The first-order chi connectivity index (χ1) is 29.4. The number of nitrogens with two attached hydrogens (primary N) is 1. The molecule has 314 valence electrons.